The Morgan fingerprint density at radius 1 is 1.38 bits per heavy atom. The van der Waals surface area contributed by atoms with Gasteiger partial charge in [0.1, 0.15) is 6.04 Å². The zero-order valence-electron chi connectivity index (χ0n) is 7.65. The van der Waals surface area contributed by atoms with Gasteiger partial charge in [-0.3, -0.25) is 14.6 Å². The van der Waals surface area contributed by atoms with Gasteiger partial charge in [-0.25, -0.2) is 0 Å². The third kappa shape index (κ3) is 4.73. The molecule has 0 aromatic carbocycles. The molecule has 1 atom stereocenters. The second-order valence-corrected chi connectivity index (χ2v) is 2.59. The lowest BCUT2D eigenvalue weighted by Crippen LogP contribution is -2.23. The number of amides is 2. The molecule has 5 nitrogen and oxygen atoms in total. The fourth-order valence-corrected chi connectivity index (χ4v) is 0.440. The highest BCUT2D eigenvalue weighted by atomic mass is 16.1. The number of hydrogen-bond donors (Lipinski definition) is 2. The summed E-state index contributed by atoms with van der Waals surface area (Å²) < 4.78 is 0. The Morgan fingerprint density at radius 3 is 2.31 bits per heavy atom. The topological polar surface area (TPSA) is 98.5 Å². The fraction of sp³-hybridized carbons (Fsp3) is 0.375. The van der Waals surface area contributed by atoms with Crippen LogP contribution in [0.3, 0.4) is 0 Å². The van der Waals surface area contributed by atoms with Crippen molar-refractivity contribution in [3.63, 3.8) is 0 Å². The van der Waals surface area contributed by atoms with Gasteiger partial charge in [0.15, 0.2) is 0 Å². The minimum absolute atomic E-state index is 0.375. The minimum Gasteiger partial charge on any atom is -0.368 e. The molecule has 0 bridgehead atoms. The van der Waals surface area contributed by atoms with E-state index in [-0.39, 0.29) is 0 Å². The molecule has 0 aliphatic rings. The molecule has 0 aliphatic carbocycles. The van der Waals surface area contributed by atoms with Gasteiger partial charge >= 0.3 is 0 Å². The maximum absolute atomic E-state index is 10.5. The Morgan fingerprint density at radius 2 is 1.92 bits per heavy atom. The van der Waals surface area contributed by atoms with E-state index in [0.717, 1.165) is 0 Å². The zero-order chi connectivity index (χ0) is 10.4. The molecule has 0 saturated heterocycles. The number of allylic oxidation sites excluding steroid dienone is 1. The molecular formula is C8H13N3O2. The molecule has 0 aromatic heterocycles. The van der Waals surface area contributed by atoms with Crippen LogP contribution in [0.2, 0.25) is 0 Å². The molecule has 72 valence electrons. The molecule has 0 radical (unpaired) electrons. The summed E-state index contributed by atoms with van der Waals surface area (Å²) in [5.41, 5.74) is 10.3. The third-order valence-corrected chi connectivity index (χ3v) is 1.43. The predicted octanol–water partition coefficient (Wildman–Crippen LogP) is -0.637. The molecule has 0 aromatic rings. The van der Waals surface area contributed by atoms with E-state index in [1.54, 1.807) is 13.8 Å². The number of hydrogen-bond acceptors (Lipinski definition) is 3. The van der Waals surface area contributed by atoms with Crippen LogP contribution < -0.4 is 11.5 Å². The number of aliphatic imine (C=N–C) groups is 1. The van der Waals surface area contributed by atoms with Crippen LogP contribution >= 0.6 is 0 Å². The van der Waals surface area contributed by atoms with Gasteiger partial charge in [0, 0.05) is 11.8 Å². The lowest BCUT2D eigenvalue weighted by Gasteiger charge is -1.97. The quantitative estimate of drug-likeness (QED) is 0.447. The van der Waals surface area contributed by atoms with Crippen molar-refractivity contribution in [2.45, 2.75) is 19.9 Å². The second-order valence-electron chi connectivity index (χ2n) is 2.59. The normalized spacial score (nSPS) is 14.5. The number of nitrogens with zero attached hydrogens (tertiary/aromatic N) is 1. The van der Waals surface area contributed by atoms with E-state index in [1.807, 2.05) is 0 Å². The van der Waals surface area contributed by atoms with Crippen molar-refractivity contribution in [3.05, 3.63) is 11.6 Å². The van der Waals surface area contributed by atoms with E-state index in [0.29, 0.717) is 5.57 Å². The SMILES string of the molecule is C/C(=C\C=NC(C)C(N)=O)C(N)=O. The van der Waals surface area contributed by atoms with Crippen LogP contribution in [0.25, 0.3) is 0 Å². The van der Waals surface area contributed by atoms with Gasteiger partial charge in [0.2, 0.25) is 11.8 Å². The maximum atomic E-state index is 10.5. The van der Waals surface area contributed by atoms with Gasteiger partial charge in [-0.05, 0) is 19.9 Å². The van der Waals surface area contributed by atoms with E-state index < -0.39 is 17.9 Å². The molecule has 5 heteroatoms. The van der Waals surface area contributed by atoms with Gasteiger partial charge in [-0.2, -0.15) is 0 Å². The number of carbonyl (C=O) groups excluding carboxylic acids is 2. The van der Waals surface area contributed by atoms with E-state index >= 15 is 0 Å². The van der Waals surface area contributed by atoms with Gasteiger partial charge in [-0.15, -0.1) is 0 Å². The molecule has 0 heterocycles. The van der Waals surface area contributed by atoms with Crippen molar-refractivity contribution in [1.82, 2.24) is 0 Å². The van der Waals surface area contributed by atoms with Gasteiger partial charge in [0.05, 0.1) is 0 Å². The summed E-state index contributed by atoms with van der Waals surface area (Å²) in [5.74, 6) is -1.03. The molecular weight excluding hydrogens is 170 g/mol. The molecule has 0 rings (SSSR count). The third-order valence-electron chi connectivity index (χ3n) is 1.43. The monoisotopic (exact) mass is 183 g/mol. The Labute approximate surface area is 76.5 Å². The Kier molecular flexibility index (Phi) is 4.43. The molecule has 0 fully saturated rings. The fourth-order valence-electron chi connectivity index (χ4n) is 0.440. The number of nitrogens with two attached hydrogens (primary N) is 2. The zero-order valence-corrected chi connectivity index (χ0v) is 7.65. The van der Waals surface area contributed by atoms with Crippen molar-refractivity contribution in [1.29, 1.82) is 0 Å². The first kappa shape index (κ1) is 11.4. The number of rotatable bonds is 4. The van der Waals surface area contributed by atoms with Gasteiger partial charge in [0.25, 0.3) is 0 Å². The molecule has 0 spiro atoms. The van der Waals surface area contributed by atoms with Crippen molar-refractivity contribution in [3.8, 4) is 0 Å². The largest absolute Gasteiger partial charge is 0.368 e. The average Bonchev–Trinajstić information content (AvgIpc) is 2.03. The highest BCUT2D eigenvalue weighted by Crippen LogP contribution is 1.89. The smallest absolute Gasteiger partial charge is 0.244 e. The molecule has 13 heavy (non-hydrogen) atoms. The lowest BCUT2D eigenvalue weighted by molar-refractivity contribution is -0.118. The van der Waals surface area contributed by atoms with Gasteiger partial charge < -0.3 is 11.5 Å². The first-order valence-electron chi connectivity index (χ1n) is 3.74. The van der Waals surface area contributed by atoms with Crippen LogP contribution in [-0.2, 0) is 9.59 Å². The molecule has 2 amide bonds. The molecule has 1 unspecified atom stereocenters. The summed E-state index contributed by atoms with van der Waals surface area (Å²) in [6.45, 7) is 3.12. The summed E-state index contributed by atoms with van der Waals surface area (Å²) >= 11 is 0. The Balaban J connectivity index is 4.22. The van der Waals surface area contributed by atoms with Crippen molar-refractivity contribution in [2.75, 3.05) is 0 Å². The summed E-state index contributed by atoms with van der Waals surface area (Å²) in [6.07, 6.45) is 2.78. The van der Waals surface area contributed by atoms with Crippen LogP contribution in [0.1, 0.15) is 13.8 Å². The molecule has 0 saturated carbocycles. The maximum Gasteiger partial charge on any atom is 0.244 e. The summed E-state index contributed by atoms with van der Waals surface area (Å²) in [5, 5.41) is 0. The highest BCUT2D eigenvalue weighted by molar-refractivity contribution is 5.95. The first-order chi connectivity index (χ1) is 5.95. The second kappa shape index (κ2) is 5.08. The standard InChI is InChI=1S/C8H13N3O2/c1-5(7(9)12)3-4-11-6(2)8(10)13/h3-4,6H,1-2H3,(H2,9,12)(H2,10,13)/b5-3+,11-4?. The van der Waals surface area contributed by atoms with Crippen molar-refractivity contribution in [2.24, 2.45) is 16.5 Å². The van der Waals surface area contributed by atoms with E-state index in [2.05, 4.69) is 4.99 Å². The lowest BCUT2D eigenvalue weighted by atomic mass is 10.3. The summed E-state index contributed by atoms with van der Waals surface area (Å²) in [6, 6.07) is -0.586. The van der Waals surface area contributed by atoms with Crippen molar-refractivity contribution >= 4 is 18.0 Å². The van der Waals surface area contributed by atoms with Crippen LogP contribution in [-0.4, -0.2) is 24.1 Å². The van der Waals surface area contributed by atoms with E-state index in [1.165, 1.54) is 12.3 Å². The number of carbonyl (C=O) groups is 2. The molecule has 0 aliphatic heterocycles. The number of primary amides is 2. The minimum atomic E-state index is -0.586. The highest BCUT2D eigenvalue weighted by Gasteiger charge is 2.02. The molecule has 4 N–H and O–H groups in total. The Bertz CT molecular complexity index is 269. The average molecular weight is 183 g/mol. The van der Waals surface area contributed by atoms with Crippen LogP contribution in [0.4, 0.5) is 0 Å². The van der Waals surface area contributed by atoms with Crippen molar-refractivity contribution < 1.29 is 9.59 Å². The van der Waals surface area contributed by atoms with Gasteiger partial charge in [-0.1, -0.05) is 0 Å². The van der Waals surface area contributed by atoms with Crippen LogP contribution in [0.5, 0.6) is 0 Å². The van der Waals surface area contributed by atoms with Crippen LogP contribution in [0, 0.1) is 0 Å². The first-order valence-corrected chi connectivity index (χ1v) is 3.74. The van der Waals surface area contributed by atoms with E-state index in [9.17, 15) is 9.59 Å². The Hall–Kier alpha value is -1.65. The van der Waals surface area contributed by atoms with E-state index in [4.69, 9.17) is 11.5 Å². The summed E-state index contributed by atoms with van der Waals surface area (Å²) in [7, 11) is 0. The summed E-state index contributed by atoms with van der Waals surface area (Å²) in [4.78, 5) is 24.8. The predicted molar refractivity (Wildman–Crippen MR) is 50.1 cm³/mol. The van der Waals surface area contributed by atoms with Crippen LogP contribution in [0.15, 0.2) is 16.6 Å².